The minimum Gasteiger partial charge on any atom is -0.459 e. The Balaban J connectivity index is 1.41. The van der Waals surface area contributed by atoms with E-state index in [2.05, 4.69) is 25.7 Å². The van der Waals surface area contributed by atoms with E-state index < -0.39 is 0 Å². The lowest BCUT2D eigenvalue weighted by molar-refractivity contribution is -0.120. The molecule has 0 aliphatic rings. The van der Waals surface area contributed by atoms with Gasteiger partial charge in [-0.2, -0.15) is 4.98 Å². The number of fused-ring (bicyclic) bond motifs is 1. The molecular formula is C22H22N6O3S. The van der Waals surface area contributed by atoms with Crippen LogP contribution in [0.4, 0.5) is 5.69 Å². The Hall–Kier alpha value is -3.66. The number of thioether (sulfide) groups is 1. The number of hydrogen-bond donors (Lipinski definition) is 2. The summed E-state index contributed by atoms with van der Waals surface area (Å²) in [5.41, 5.74) is 3.91. The van der Waals surface area contributed by atoms with Gasteiger partial charge in [0.25, 0.3) is 11.7 Å². The van der Waals surface area contributed by atoms with Gasteiger partial charge in [-0.1, -0.05) is 23.9 Å². The van der Waals surface area contributed by atoms with Crippen molar-refractivity contribution in [2.45, 2.75) is 32.0 Å². The molecule has 1 aromatic carbocycles. The summed E-state index contributed by atoms with van der Waals surface area (Å²) in [5, 5.41) is 10.8. The van der Waals surface area contributed by atoms with Gasteiger partial charge in [-0.15, -0.1) is 5.10 Å². The molecule has 4 aromatic rings. The maximum absolute atomic E-state index is 12.6. The van der Waals surface area contributed by atoms with E-state index in [4.69, 9.17) is 4.42 Å². The molecule has 3 heterocycles. The third-order valence-electron chi connectivity index (χ3n) is 4.97. The predicted octanol–water partition coefficient (Wildman–Crippen LogP) is 3.17. The van der Waals surface area contributed by atoms with Gasteiger partial charge in [-0.25, -0.2) is 9.50 Å². The lowest BCUT2D eigenvalue weighted by atomic mass is 10.1. The average molecular weight is 451 g/mol. The number of furan rings is 1. The smallest absolute Gasteiger partial charge is 0.291 e. The molecule has 3 aromatic heterocycles. The Labute approximate surface area is 188 Å². The van der Waals surface area contributed by atoms with Gasteiger partial charge in [-0.3, -0.25) is 9.59 Å². The van der Waals surface area contributed by atoms with Crippen LogP contribution in [0.15, 0.2) is 52.2 Å². The number of carbonyl (C=O) groups excluding carboxylic acids is 2. The molecule has 2 N–H and O–H groups in total. The van der Waals surface area contributed by atoms with Crippen LogP contribution in [0, 0.1) is 13.8 Å². The fraction of sp³-hybridized carbons (Fsp3) is 0.227. The van der Waals surface area contributed by atoms with Crippen molar-refractivity contribution in [1.82, 2.24) is 24.9 Å². The molecular weight excluding hydrogens is 428 g/mol. The fourth-order valence-electron chi connectivity index (χ4n) is 3.32. The SMILES string of the molecule is CSc1nc2nc(C)c(CC(=O)NCc3cccc(NC(=O)c4ccco4)c3)c(C)n2n1. The van der Waals surface area contributed by atoms with Crippen molar-refractivity contribution < 1.29 is 14.0 Å². The van der Waals surface area contributed by atoms with Crippen LogP contribution in [-0.4, -0.2) is 37.7 Å². The standard InChI is InChI=1S/C22H22N6O3S/c1-13-17(14(2)28-21(24-13)26-22(27-28)32-3)11-19(29)23-12-15-6-4-7-16(10-15)25-20(30)18-8-5-9-31-18/h4-10H,11-12H2,1-3H3,(H,23,29)(H,25,30). The van der Waals surface area contributed by atoms with Crippen LogP contribution in [0.3, 0.4) is 0 Å². The van der Waals surface area contributed by atoms with Crippen LogP contribution in [0.1, 0.15) is 33.1 Å². The quantitative estimate of drug-likeness (QED) is 0.416. The predicted molar refractivity (Wildman–Crippen MR) is 121 cm³/mol. The molecule has 10 heteroatoms. The Morgan fingerprint density at radius 3 is 2.75 bits per heavy atom. The van der Waals surface area contributed by atoms with Crippen molar-refractivity contribution in [1.29, 1.82) is 0 Å². The highest BCUT2D eigenvalue weighted by Gasteiger charge is 2.16. The van der Waals surface area contributed by atoms with Gasteiger partial charge in [-0.05, 0) is 49.9 Å². The average Bonchev–Trinajstić information content (AvgIpc) is 3.45. The number of rotatable bonds is 7. The second-order valence-electron chi connectivity index (χ2n) is 7.16. The summed E-state index contributed by atoms with van der Waals surface area (Å²) in [6, 6.07) is 10.5. The van der Waals surface area contributed by atoms with Crippen molar-refractivity contribution in [2.24, 2.45) is 0 Å². The van der Waals surface area contributed by atoms with Crippen LogP contribution < -0.4 is 10.6 Å². The van der Waals surface area contributed by atoms with E-state index in [1.807, 2.05) is 38.3 Å². The van der Waals surface area contributed by atoms with E-state index in [1.54, 1.807) is 22.7 Å². The summed E-state index contributed by atoms with van der Waals surface area (Å²) in [6.07, 6.45) is 3.54. The number of amides is 2. The third kappa shape index (κ3) is 4.65. The molecule has 0 saturated carbocycles. The molecule has 0 saturated heterocycles. The van der Waals surface area contributed by atoms with Crippen LogP contribution in [0.5, 0.6) is 0 Å². The number of aryl methyl sites for hydroxylation is 2. The van der Waals surface area contributed by atoms with Crippen molar-refractivity contribution >= 4 is 35.0 Å². The molecule has 0 radical (unpaired) electrons. The summed E-state index contributed by atoms with van der Waals surface area (Å²) in [7, 11) is 0. The summed E-state index contributed by atoms with van der Waals surface area (Å²) in [6.45, 7) is 4.11. The Kier molecular flexibility index (Phi) is 6.22. The van der Waals surface area contributed by atoms with Crippen LogP contribution >= 0.6 is 11.8 Å². The van der Waals surface area contributed by atoms with E-state index in [9.17, 15) is 9.59 Å². The monoisotopic (exact) mass is 450 g/mol. The highest BCUT2D eigenvalue weighted by Crippen LogP contribution is 2.17. The lowest BCUT2D eigenvalue weighted by Gasteiger charge is -2.11. The number of nitrogens with one attached hydrogen (secondary N) is 2. The second-order valence-corrected chi connectivity index (χ2v) is 7.93. The topological polar surface area (TPSA) is 114 Å². The van der Waals surface area contributed by atoms with E-state index in [0.29, 0.717) is 23.2 Å². The van der Waals surface area contributed by atoms with Gasteiger partial charge < -0.3 is 15.1 Å². The molecule has 0 unspecified atom stereocenters. The molecule has 2 amide bonds. The number of benzene rings is 1. The van der Waals surface area contributed by atoms with Gasteiger partial charge in [0.2, 0.25) is 11.1 Å². The molecule has 164 valence electrons. The minimum atomic E-state index is -0.331. The highest BCUT2D eigenvalue weighted by molar-refractivity contribution is 7.98. The van der Waals surface area contributed by atoms with Crippen LogP contribution in [0.2, 0.25) is 0 Å². The first kappa shape index (κ1) is 21.6. The molecule has 0 fully saturated rings. The first-order chi connectivity index (χ1) is 15.4. The zero-order valence-electron chi connectivity index (χ0n) is 17.9. The molecule has 0 bridgehead atoms. The molecule has 9 nitrogen and oxygen atoms in total. The maximum atomic E-state index is 12.6. The number of hydrogen-bond acceptors (Lipinski definition) is 7. The first-order valence-electron chi connectivity index (χ1n) is 9.92. The minimum absolute atomic E-state index is 0.132. The molecule has 0 aliphatic carbocycles. The first-order valence-corrected chi connectivity index (χ1v) is 11.1. The number of anilines is 1. The Morgan fingerprint density at radius 1 is 1.16 bits per heavy atom. The van der Waals surface area contributed by atoms with E-state index in [-0.39, 0.29) is 24.0 Å². The van der Waals surface area contributed by atoms with Gasteiger partial charge in [0.05, 0.1) is 12.7 Å². The zero-order chi connectivity index (χ0) is 22.7. The summed E-state index contributed by atoms with van der Waals surface area (Å²) >= 11 is 1.44. The Bertz CT molecular complexity index is 1280. The summed E-state index contributed by atoms with van der Waals surface area (Å²) < 4.78 is 6.77. The Morgan fingerprint density at radius 2 is 2.00 bits per heavy atom. The molecule has 32 heavy (non-hydrogen) atoms. The molecule has 4 rings (SSSR count). The van der Waals surface area contributed by atoms with E-state index in [0.717, 1.165) is 22.5 Å². The van der Waals surface area contributed by atoms with Gasteiger partial charge >= 0.3 is 0 Å². The normalized spacial score (nSPS) is 11.0. The second kappa shape index (κ2) is 9.23. The molecule has 0 spiro atoms. The number of carbonyl (C=O) groups is 2. The summed E-state index contributed by atoms with van der Waals surface area (Å²) in [4.78, 5) is 33.6. The highest BCUT2D eigenvalue weighted by atomic mass is 32.2. The molecule has 0 aliphatic heterocycles. The van der Waals surface area contributed by atoms with Crippen LogP contribution in [0.25, 0.3) is 5.78 Å². The third-order valence-corrected chi connectivity index (χ3v) is 5.51. The van der Waals surface area contributed by atoms with Crippen LogP contribution in [-0.2, 0) is 17.8 Å². The van der Waals surface area contributed by atoms with E-state index >= 15 is 0 Å². The molecule has 0 atom stereocenters. The zero-order valence-corrected chi connectivity index (χ0v) is 18.7. The van der Waals surface area contributed by atoms with Crippen molar-refractivity contribution in [2.75, 3.05) is 11.6 Å². The van der Waals surface area contributed by atoms with Gasteiger partial charge in [0.1, 0.15) is 0 Å². The maximum Gasteiger partial charge on any atom is 0.291 e. The number of aromatic nitrogens is 4. The van der Waals surface area contributed by atoms with Gasteiger partial charge in [0.15, 0.2) is 5.76 Å². The van der Waals surface area contributed by atoms with Gasteiger partial charge in [0, 0.05) is 29.2 Å². The van der Waals surface area contributed by atoms with Crippen molar-refractivity contribution in [3.63, 3.8) is 0 Å². The van der Waals surface area contributed by atoms with Crippen molar-refractivity contribution in [3.8, 4) is 0 Å². The van der Waals surface area contributed by atoms with E-state index in [1.165, 1.54) is 18.0 Å². The number of nitrogens with zero attached hydrogens (tertiary/aromatic N) is 4. The lowest BCUT2D eigenvalue weighted by Crippen LogP contribution is -2.26. The fourth-order valence-corrected chi connectivity index (χ4v) is 3.65. The summed E-state index contributed by atoms with van der Waals surface area (Å²) in [5.74, 6) is 0.300. The van der Waals surface area contributed by atoms with Crippen molar-refractivity contribution in [3.05, 3.63) is 70.9 Å². The largest absolute Gasteiger partial charge is 0.459 e.